The van der Waals surface area contributed by atoms with E-state index in [1.165, 1.54) is 12.1 Å². The number of rotatable bonds is 6. The predicted molar refractivity (Wildman–Crippen MR) is 124 cm³/mol. The fourth-order valence-electron chi connectivity index (χ4n) is 3.55. The number of pyridine rings is 1. The number of ether oxygens (including phenoxy) is 2. The summed E-state index contributed by atoms with van der Waals surface area (Å²) >= 11 is 0. The SMILES string of the molecule is CC1(N)COC(c2nc(-c3ccc(F)cc3)c(-c3ccnc(NCc4cccnc4)n3)[nH]2)OC1. The van der Waals surface area contributed by atoms with Crippen LogP contribution in [0.4, 0.5) is 10.3 Å². The number of H-pyrrole nitrogens is 1. The Bertz CT molecular complexity index is 1250. The number of nitrogens with two attached hydrogens (primary N) is 1. The molecule has 0 unspecified atom stereocenters. The molecule has 0 bridgehead atoms. The van der Waals surface area contributed by atoms with Gasteiger partial charge in [-0.05, 0) is 48.9 Å². The Hall–Kier alpha value is -3.73. The van der Waals surface area contributed by atoms with Gasteiger partial charge in [-0.2, -0.15) is 0 Å². The van der Waals surface area contributed by atoms with E-state index in [9.17, 15) is 4.39 Å². The Kier molecular flexibility index (Phi) is 6.01. The molecule has 10 heteroatoms. The van der Waals surface area contributed by atoms with Gasteiger partial charge in [-0.15, -0.1) is 0 Å². The van der Waals surface area contributed by atoms with Gasteiger partial charge >= 0.3 is 0 Å². The number of nitrogens with one attached hydrogen (secondary N) is 2. The van der Waals surface area contributed by atoms with Crippen molar-refractivity contribution in [1.29, 1.82) is 0 Å². The molecule has 4 N–H and O–H groups in total. The van der Waals surface area contributed by atoms with Crippen LogP contribution in [0.15, 0.2) is 61.1 Å². The Morgan fingerprint density at radius 3 is 2.65 bits per heavy atom. The lowest BCUT2D eigenvalue weighted by molar-refractivity contribution is -0.211. The van der Waals surface area contributed by atoms with Gasteiger partial charge < -0.3 is 25.5 Å². The summed E-state index contributed by atoms with van der Waals surface area (Å²) < 4.78 is 25.2. The van der Waals surface area contributed by atoms with E-state index in [4.69, 9.17) is 20.2 Å². The van der Waals surface area contributed by atoms with Crippen LogP contribution in [0.2, 0.25) is 0 Å². The maximum atomic E-state index is 13.6. The largest absolute Gasteiger partial charge is 0.350 e. The molecule has 1 fully saturated rings. The van der Waals surface area contributed by atoms with Crippen molar-refractivity contribution in [3.8, 4) is 22.6 Å². The third-order valence-electron chi connectivity index (χ3n) is 5.28. The van der Waals surface area contributed by atoms with Crippen LogP contribution in [0.1, 0.15) is 24.6 Å². The molecule has 1 aliphatic heterocycles. The van der Waals surface area contributed by atoms with Crippen LogP contribution in [0.3, 0.4) is 0 Å². The van der Waals surface area contributed by atoms with Crippen LogP contribution in [-0.2, 0) is 16.0 Å². The van der Waals surface area contributed by atoms with E-state index in [2.05, 4.69) is 25.3 Å². The second-order valence-corrected chi connectivity index (χ2v) is 8.44. The number of aromatic amines is 1. The molecule has 1 aromatic carbocycles. The monoisotopic (exact) mass is 461 g/mol. The molecule has 4 heterocycles. The van der Waals surface area contributed by atoms with Gasteiger partial charge in [0.2, 0.25) is 12.2 Å². The van der Waals surface area contributed by atoms with Gasteiger partial charge in [0.1, 0.15) is 5.82 Å². The summed E-state index contributed by atoms with van der Waals surface area (Å²) in [6.07, 6.45) is 4.47. The van der Waals surface area contributed by atoms with Crippen LogP contribution in [0.25, 0.3) is 22.6 Å². The van der Waals surface area contributed by atoms with Crippen molar-refractivity contribution in [3.05, 3.63) is 78.3 Å². The lowest BCUT2D eigenvalue weighted by Gasteiger charge is -2.33. The van der Waals surface area contributed by atoms with Crippen molar-refractivity contribution in [2.24, 2.45) is 5.73 Å². The lowest BCUT2D eigenvalue weighted by atomic mass is 10.1. The maximum Gasteiger partial charge on any atom is 0.223 e. The smallest absolute Gasteiger partial charge is 0.223 e. The summed E-state index contributed by atoms with van der Waals surface area (Å²) in [5, 5.41) is 3.21. The molecule has 0 atom stereocenters. The molecule has 1 aliphatic rings. The number of hydrogen-bond acceptors (Lipinski definition) is 8. The van der Waals surface area contributed by atoms with E-state index >= 15 is 0 Å². The van der Waals surface area contributed by atoms with Crippen LogP contribution < -0.4 is 11.1 Å². The highest BCUT2D eigenvalue weighted by atomic mass is 19.1. The number of hydrogen-bond donors (Lipinski definition) is 3. The van der Waals surface area contributed by atoms with E-state index in [-0.39, 0.29) is 5.82 Å². The summed E-state index contributed by atoms with van der Waals surface area (Å²) in [6.45, 7) is 3.05. The first kappa shape index (κ1) is 22.1. The number of imidazole rings is 1. The topological polar surface area (TPSA) is 124 Å². The number of aromatic nitrogens is 5. The standard InChI is InChI=1S/C24H24FN7O2/c1-24(26)13-33-22(34-14-24)21-31-19(16-4-6-17(25)7-5-16)20(32-21)18-8-10-28-23(30-18)29-12-15-3-2-9-27-11-15/h2-11,22H,12-14,26H2,1H3,(H,31,32)(H,28,29,30). The number of anilines is 1. The highest BCUT2D eigenvalue weighted by Gasteiger charge is 2.32. The zero-order valence-corrected chi connectivity index (χ0v) is 18.5. The minimum Gasteiger partial charge on any atom is -0.350 e. The minimum atomic E-state index is -0.699. The Balaban J connectivity index is 1.47. The predicted octanol–water partition coefficient (Wildman–Crippen LogP) is 3.44. The van der Waals surface area contributed by atoms with Crippen molar-refractivity contribution in [2.45, 2.75) is 25.3 Å². The second-order valence-electron chi connectivity index (χ2n) is 8.44. The number of nitrogens with zero attached hydrogens (tertiary/aromatic N) is 4. The highest BCUT2D eigenvalue weighted by molar-refractivity contribution is 5.77. The second kappa shape index (κ2) is 9.26. The maximum absolute atomic E-state index is 13.6. The third-order valence-corrected chi connectivity index (χ3v) is 5.28. The van der Waals surface area contributed by atoms with Gasteiger partial charge in [-0.3, -0.25) is 4.98 Å². The highest BCUT2D eigenvalue weighted by Crippen LogP contribution is 2.33. The molecule has 0 saturated carbocycles. The van der Waals surface area contributed by atoms with Gasteiger partial charge in [-0.25, -0.2) is 19.3 Å². The van der Waals surface area contributed by atoms with Gasteiger partial charge in [0, 0.05) is 30.7 Å². The quantitative estimate of drug-likeness (QED) is 0.399. The van der Waals surface area contributed by atoms with Crippen molar-refractivity contribution in [1.82, 2.24) is 24.9 Å². The Morgan fingerprint density at radius 2 is 1.91 bits per heavy atom. The number of halogens is 1. The molecule has 0 radical (unpaired) electrons. The molecular formula is C24H24FN7O2. The van der Waals surface area contributed by atoms with Crippen LogP contribution in [0, 0.1) is 5.82 Å². The molecule has 4 aromatic rings. The van der Waals surface area contributed by atoms with Gasteiger partial charge in [0.15, 0.2) is 5.82 Å². The normalized spacial score (nSPS) is 20.3. The van der Waals surface area contributed by atoms with E-state index in [0.717, 1.165) is 11.1 Å². The average Bonchev–Trinajstić information content (AvgIpc) is 3.29. The van der Waals surface area contributed by atoms with E-state index in [1.807, 2.05) is 19.1 Å². The van der Waals surface area contributed by atoms with Crippen molar-refractivity contribution in [3.63, 3.8) is 0 Å². The van der Waals surface area contributed by atoms with E-state index in [1.54, 1.807) is 36.8 Å². The molecule has 0 aliphatic carbocycles. The first-order valence-electron chi connectivity index (χ1n) is 10.8. The zero-order valence-electron chi connectivity index (χ0n) is 18.5. The molecular weight excluding hydrogens is 437 g/mol. The van der Waals surface area contributed by atoms with Crippen LogP contribution in [-0.4, -0.2) is 43.7 Å². The van der Waals surface area contributed by atoms with E-state index < -0.39 is 11.8 Å². The first-order valence-corrected chi connectivity index (χ1v) is 10.8. The first-order chi connectivity index (χ1) is 16.5. The van der Waals surface area contributed by atoms with Gasteiger partial charge in [0.05, 0.1) is 35.8 Å². The summed E-state index contributed by atoms with van der Waals surface area (Å²) in [5.41, 5.74) is 9.11. The summed E-state index contributed by atoms with van der Waals surface area (Å²) in [4.78, 5) is 21.1. The molecule has 0 spiro atoms. The molecule has 1 saturated heterocycles. The molecule has 0 amide bonds. The molecule has 3 aromatic heterocycles. The lowest BCUT2D eigenvalue weighted by Crippen LogP contribution is -2.50. The molecule has 174 valence electrons. The van der Waals surface area contributed by atoms with Crippen molar-refractivity contribution >= 4 is 5.95 Å². The zero-order chi connectivity index (χ0) is 23.5. The molecule has 5 rings (SSSR count). The Morgan fingerprint density at radius 1 is 1.12 bits per heavy atom. The van der Waals surface area contributed by atoms with Gasteiger partial charge in [-0.1, -0.05) is 6.07 Å². The fourth-order valence-corrected chi connectivity index (χ4v) is 3.55. The summed E-state index contributed by atoms with van der Waals surface area (Å²) in [5.74, 6) is 0.603. The third kappa shape index (κ3) is 4.93. The van der Waals surface area contributed by atoms with Crippen molar-refractivity contribution in [2.75, 3.05) is 18.5 Å². The minimum absolute atomic E-state index is 0.328. The van der Waals surface area contributed by atoms with Crippen LogP contribution >= 0.6 is 0 Å². The Labute approximate surface area is 195 Å². The summed E-state index contributed by atoms with van der Waals surface area (Å²) in [7, 11) is 0. The van der Waals surface area contributed by atoms with Crippen molar-refractivity contribution < 1.29 is 13.9 Å². The summed E-state index contributed by atoms with van der Waals surface area (Å²) in [6, 6.07) is 11.7. The van der Waals surface area contributed by atoms with Crippen LogP contribution in [0.5, 0.6) is 0 Å². The van der Waals surface area contributed by atoms with E-state index in [0.29, 0.717) is 48.6 Å². The fraction of sp³-hybridized carbons (Fsp3) is 0.250. The number of benzene rings is 1. The molecule has 9 nitrogen and oxygen atoms in total. The average molecular weight is 462 g/mol. The molecule has 34 heavy (non-hydrogen) atoms. The van der Waals surface area contributed by atoms with Gasteiger partial charge in [0.25, 0.3) is 0 Å².